The summed E-state index contributed by atoms with van der Waals surface area (Å²) in [6.07, 6.45) is -0.000302. The first-order valence-electron chi connectivity index (χ1n) is 8.13. The Kier molecular flexibility index (Phi) is 3.72. The molecule has 0 amide bonds. The van der Waals surface area contributed by atoms with Gasteiger partial charge in [0.25, 0.3) is 0 Å². The fourth-order valence-corrected chi connectivity index (χ4v) is 3.76. The van der Waals surface area contributed by atoms with Gasteiger partial charge in [-0.05, 0) is 24.1 Å². The Balaban J connectivity index is 1.71. The number of hydrogen-bond acceptors (Lipinski definition) is 3. The van der Waals surface area contributed by atoms with E-state index in [1.165, 1.54) is 18.3 Å². The van der Waals surface area contributed by atoms with Crippen LogP contribution >= 0.6 is 0 Å². The number of piperazine rings is 1. The van der Waals surface area contributed by atoms with E-state index in [9.17, 15) is 13.2 Å². The Morgan fingerprint density at radius 2 is 1.88 bits per heavy atom. The molecule has 3 nitrogen and oxygen atoms in total. The maximum atomic E-state index is 13.3. The van der Waals surface area contributed by atoms with Crippen LogP contribution in [0.4, 0.5) is 18.9 Å². The van der Waals surface area contributed by atoms with Crippen molar-refractivity contribution in [3.63, 3.8) is 0 Å². The molecule has 4 rings (SSSR count). The number of pyridine rings is 1. The number of fused-ring (bicyclic) bond motifs is 2. The lowest BCUT2D eigenvalue weighted by atomic mass is 10.00. The molecule has 0 N–H and O–H groups in total. The van der Waals surface area contributed by atoms with E-state index in [0.29, 0.717) is 11.6 Å². The van der Waals surface area contributed by atoms with Crippen LogP contribution in [0.1, 0.15) is 12.0 Å². The highest BCUT2D eigenvalue weighted by molar-refractivity contribution is 5.71. The summed E-state index contributed by atoms with van der Waals surface area (Å²) in [6, 6.07) is 7.96. The van der Waals surface area contributed by atoms with Crippen LogP contribution in [-0.4, -0.2) is 42.1 Å². The van der Waals surface area contributed by atoms with Gasteiger partial charge >= 0.3 is 6.18 Å². The molecule has 24 heavy (non-hydrogen) atoms. The SMILES string of the molecule is FC(F)(F)c1ccccc1-c1cncc(N2CCN3CCC2C3)c1. The van der Waals surface area contributed by atoms with Crippen molar-refractivity contribution in [2.45, 2.75) is 18.6 Å². The number of nitrogens with zero attached hydrogens (tertiary/aromatic N) is 3. The standard InChI is InChI=1S/C18H18F3N3/c19-18(20,21)17-4-2-1-3-16(17)13-9-15(11-22-10-13)24-8-7-23-6-5-14(24)12-23/h1-4,9-11,14H,5-8,12H2. The Labute approximate surface area is 138 Å². The molecular weight excluding hydrogens is 315 g/mol. The third kappa shape index (κ3) is 2.75. The predicted molar refractivity (Wildman–Crippen MR) is 86.9 cm³/mol. The number of rotatable bonds is 2. The fraction of sp³-hybridized carbons (Fsp3) is 0.389. The fourth-order valence-electron chi connectivity index (χ4n) is 3.76. The van der Waals surface area contributed by atoms with Gasteiger partial charge in [-0.1, -0.05) is 18.2 Å². The van der Waals surface area contributed by atoms with E-state index in [-0.39, 0.29) is 5.56 Å². The summed E-state index contributed by atoms with van der Waals surface area (Å²) in [7, 11) is 0. The van der Waals surface area contributed by atoms with Crippen molar-refractivity contribution in [1.82, 2.24) is 9.88 Å². The number of alkyl halides is 3. The molecule has 3 heterocycles. The van der Waals surface area contributed by atoms with Crippen molar-refractivity contribution in [2.24, 2.45) is 0 Å². The Morgan fingerprint density at radius 3 is 2.71 bits per heavy atom. The Bertz CT molecular complexity index is 744. The van der Waals surface area contributed by atoms with E-state index >= 15 is 0 Å². The molecule has 2 aliphatic rings. The van der Waals surface area contributed by atoms with Crippen LogP contribution in [0.2, 0.25) is 0 Å². The van der Waals surface area contributed by atoms with Crippen LogP contribution in [0.25, 0.3) is 11.1 Å². The Morgan fingerprint density at radius 1 is 1.04 bits per heavy atom. The van der Waals surface area contributed by atoms with Crippen LogP contribution in [0, 0.1) is 0 Å². The second-order valence-corrected chi connectivity index (χ2v) is 6.41. The molecule has 2 aliphatic heterocycles. The lowest BCUT2D eigenvalue weighted by Crippen LogP contribution is -2.46. The van der Waals surface area contributed by atoms with Gasteiger partial charge in [-0.25, -0.2) is 0 Å². The van der Waals surface area contributed by atoms with Gasteiger partial charge < -0.3 is 4.90 Å². The zero-order chi connectivity index (χ0) is 16.7. The maximum absolute atomic E-state index is 13.3. The smallest absolute Gasteiger partial charge is 0.365 e. The predicted octanol–water partition coefficient (Wildman–Crippen LogP) is 3.66. The zero-order valence-electron chi connectivity index (χ0n) is 13.1. The first kappa shape index (κ1) is 15.4. The summed E-state index contributed by atoms with van der Waals surface area (Å²) in [5.41, 5.74) is 0.996. The number of halogens is 3. The molecule has 2 aromatic rings. The van der Waals surface area contributed by atoms with Crippen molar-refractivity contribution in [3.05, 3.63) is 48.3 Å². The van der Waals surface area contributed by atoms with Crippen LogP contribution in [-0.2, 0) is 6.18 Å². The number of benzene rings is 1. The third-order valence-corrected chi connectivity index (χ3v) is 4.94. The Hall–Kier alpha value is -2.08. The topological polar surface area (TPSA) is 19.4 Å². The summed E-state index contributed by atoms with van der Waals surface area (Å²) in [5.74, 6) is 0. The monoisotopic (exact) mass is 333 g/mol. The first-order chi connectivity index (χ1) is 11.5. The molecule has 2 bridgehead atoms. The first-order valence-corrected chi connectivity index (χ1v) is 8.13. The molecular formula is C18H18F3N3. The quantitative estimate of drug-likeness (QED) is 0.836. The highest BCUT2D eigenvalue weighted by Crippen LogP contribution is 2.38. The second-order valence-electron chi connectivity index (χ2n) is 6.41. The van der Waals surface area contributed by atoms with Crippen LogP contribution in [0.15, 0.2) is 42.7 Å². The minimum Gasteiger partial charge on any atom is -0.365 e. The molecule has 2 fully saturated rings. The van der Waals surface area contributed by atoms with Crippen molar-refractivity contribution in [3.8, 4) is 11.1 Å². The van der Waals surface area contributed by atoms with E-state index in [0.717, 1.165) is 44.4 Å². The van der Waals surface area contributed by atoms with E-state index in [1.807, 2.05) is 6.07 Å². The number of aromatic nitrogens is 1. The second kappa shape index (κ2) is 5.77. The van der Waals surface area contributed by atoms with Gasteiger partial charge in [-0.3, -0.25) is 9.88 Å². The van der Waals surface area contributed by atoms with E-state index in [4.69, 9.17) is 0 Å². The highest BCUT2D eigenvalue weighted by atomic mass is 19.4. The van der Waals surface area contributed by atoms with Crippen molar-refractivity contribution < 1.29 is 13.2 Å². The van der Waals surface area contributed by atoms with Crippen molar-refractivity contribution in [2.75, 3.05) is 31.1 Å². The van der Waals surface area contributed by atoms with E-state index < -0.39 is 11.7 Å². The molecule has 1 aromatic heterocycles. The maximum Gasteiger partial charge on any atom is 0.417 e. The van der Waals surface area contributed by atoms with Gasteiger partial charge in [0, 0.05) is 44.0 Å². The molecule has 6 heteroatoms. The molecule has 126 valence electrons. The van der Waals surface area contributed by atoms with Gasteiger partial charge in [0.05, 0.1) is 17.4 Å². The summed E-state index contributed by atoms with van der Waals surface area (Å²) < 4.78 is 39.8. The summed E-state index contributed by atoms with van der Waals surface area (Å²) in [5, 5.41) is 0. The minimum absolute atomic E-state index is 0.185. The van der Waals surface area contributed by atoms with Crippen LogP contribution in [0.5, 0.6) is 0 Å². The van der Waals surface area contributed by atoms with Crippen LogP contribution in [0.3, 0.4) is 0 Å². The van der Waals surface area contributed by atoms with Gasteiger partial charge in [0.1, 0.15) is 0 Å². The van der Waals surface area contributed by atoms with E-state index in [1.54, 1.807) is 12.3 Å². The minimum atomic E-state index is -4.37. The average Bonchev–Trinajstić information content (AvgIpc) is 2.95. The molecule has 0 radical (unpaired) electrons. The summed E-state index contributed by atoms with van der Waals surface area (Å²) >= 11 is 0. The van der Waals surface area contributed by atoms with Crippen LogP contribution < -0.4 is 4.90 Å². The molecule has 2 unspecified atom stereocenters. The molecule has 2 atom stereocenters. The van der Waals surface area contributed by atoms with Crippen molar-refractivity contribution >= 4 is 5.69 Å². The normalized spacial score (nSPS) is 23.5. The number of anilines is 1. The molecule has 2 saturated heterocycles. The molecule has 0 aliphatic carbocycles. The summed E-state index contributed by atoms with van der Waals surface area (Å²) in [6.45, 7) is 4.03. The van der Waals surface area contributed by atoms with E-state index in [2.05, 4.69) is 14.8 Å². The molecule has 1 aromatic carbocycles. The van der Waals surface area contributed by atoms with Gasteiger partial charge in [-0.2, -0.15) is 13.2 Å². The summed E-state index contributed by atoms with van der Waals surface area (Å²) in [4.78, 5) is 8.93. The lowest BCUT2D eigenvalue weighted by molar-refractivity contribution is -0.137. The van der Waals surface area contributed by atoms with Gasteiger partial charge in [0.2, 0.25) is 0 Å². The van der Waals surface area contributed by atoms with Gasteiger partial charge in [-0.15, -0.1) is 0 Å². The molecule has 0 saturated carbocycles. The average molecular weight is 333 g/mol. The largest absolute Gasteiger partial charge is 0.417 e. The molecule has 0 spiro atoms. The third-order valence-electron chi connectivity index (χ3n) is 4.94. The zero-order valence-corrected chi connectivity index (χ0v) is 13.1. The van der Waals surface area contributed by atoms with Crippen molar-refractivity contribution in [1.29, 1.82) is 0 Å². The highest BCUT2D eigenvalue weighted by Gasteiger charge is 2.34. The number of hydrogen-bond donors (Lipinski definition) is 0. The lowest BCUT2D eigenvalue weighted by Gasteiger charge is -2.36. The van der Waals surface area contributed by atoms with Gasteiger partial charge in [0.15, 0.2) is 0 Å².